The third-order valence-electron chi connectivity index (χ3n) is 3.31. The predicted molar refractivity (Wildman–Crippen MR) is 91.7 cm³/mol. The molecule has 2 N–H and O–H groups in total. The van der Waals surface area contributed by atoms with E-state index < -0.39 is 17.9 Å². The standard InChI is InChI=1S/C18H27NO5/c1-11(2)8-14(18(21)22)19-17(20)13-6-7-15(16(9-13)23-5)24-10-12(3)4/h6-7,9,11-12,14H,8,10H2,1-5H3,(H,19,20)(H,21,22). The van der Waals surface area contributed by atoms with Crippen LogP contribution >= 0.6 is 0 Å². The van der Waals surface area contributed by atoms with E-state index >= 15 is 0 Å². The molecule has 6 heteroatoms. The molecule has 1 unspecified atom stereocenters. The van der Waals surface area contributed by atoms with Gasteiger partial charge in [-0.3, -0.25) is 4.79 Å². The van der Waals surface area contributed by atoms with E-state index in [-0.39, 0.29) is 5.92 Å². The van der Waals surface area contributed by atoms with Gasteiger partial charge in [-0.25, -0.2) is 4.79 Å². The lowest BCUT2D eigenvalue weighted by Gasteiger charge is -2.17. The number of rotatable bonds is 9. The van der Waals surface area contributed by atoms with Crippen LogP contribution in [0.2, 0.25) is 0 Å². The molecular weight excluding hydrogens is 310 g/mol. The van der Waals surface area contributed by atoms with Crippen molar-refractivity contribution in [2.75, 3.05) is 13.7 Å². The number of carbonyl (C=O) groups is 2. The number of methoxy groups -OCH3 is 1. The third-order valence-corrected chi connectivity index (χ3v) is 3.31. The van der Waals surface area contributed by atoms with E-state index in [9.17, 15) is 14.7 Å². The first-order chi connectivity index (χ1) is 11.2. The summed E-state index contributed by atoms with van der Waals surface area (Å²) in [6, 6.07) is 3.90. The largest absolute Gasteiger partial charge is 0.493 e. The zero-order valence-corrected chi connectivity index (χ0v) is 15.0. The zero-order chi connectivity index (χ0) is 18.3. The molecule has 1 amide bonds. The van der Waals surface area contributed by atoms with Crippen molar-refractivity contribution >= 4 is 11.9 Å². The van der Waals surface area contributed by atoms with Gasteiger partial charge in [0.2, 0.25) is 0 Å². The van der Waals surface area contributed by atoms with Gasteiger partial charge in [0.05, 0.1) is 13.7 Å². The Morgan fingerprint density at radius 3 is 2.29 bits per heavy atom. The maximum atomic E-state index is 12.3. The van der Waals surface area contributed by atoms with Crippen LogP contribution in [0.25, 0.3) is 0 Å². The number of carbonyl (C=O) groups excluding carboxylic acids is 1. The first kappa shape index (κ1) is 19.8. The summed E-state index contributed by atoms with van der Waals surface area (Å²) in [5.74, 6) is 0.0363. The summed E-state index contributed by atoms with van der Waals surface area (Å²) in [7, 11) is 1.50. The number of carboxylic acids is 1. The van der Waals surface area contributed by atoms with Crippen molar-refractivity contribution in [2.24, 2.45) is 11.8 Å². The van der Waals surface area contributed by atoms with Gasteiger partial charge in [0.1, 0.15) is 6.04 Å². The van der Waals surface area contributed by atoms with Crippen molar-refractivity contribution in [1.82, 2.24) is 5.32 Å². The molecule has 6 nitrogen and oxygen atoms in total. The Bertz CT molecular complexity index is 569. The molecule has 0 aliphatic rings. The van der Waals surface area contributed by atoms with Gasteiger partial charge < -0.3 is 19.9 Å². The average Bonchev–Trinajstić information content (AvgIpc) is 2.51. The molecule has 0 aromatic heterocycles. The summed E-state index contributed by atoms with van der Waals surface area (Å²) in [6.07, 6.45) is 0.369. The smallest absolute Gasteiger partial charge is 0.326 e. The summed E-state index contributed by atoms with van der Waals surface area (Å²) >= 11 is 0. The molecule has 0 aliphatic heterocycles. The second-order valence-corrected chi connectivity index (χ2v) is 6.56. The van der Waals surface area contributed by atoms with E-state index in [1.165, 1.54) is 7.11 Å². The summed E-state index contributed by atoms with van der Waals surface area (Å²) in [5.41, 5.74) is 0.332. The minimum atomic E-state index is -1.04. The van der Waals surface area contributed by atoms with Gasteiger partial charge >= 0.3 is 5.97 Å². The van der Waals surface area contributed by atoms with Crippen LogP contribution in [0.15, 0.2) is 18.2 Å². The van der Waals surface area contributed by atoms with Crippen LogP contribution in [0.3, 0.4) is 0 Å². The van der Waals surface area contributed by atoms with Crippen molar-refractivity contribution in [3.8, 4) is 11.5 Å². The highest BCUT2D eigenvalue weighted by molar-refractivity contribution is 5.97. The number of hydrogen-bond acceptors (Lipinski definition) is 4. The second kappa shape index (κ2) is 9.15. The Labute approximate surface area is 143 Å². The molecule has 0 spiro atoms. The molecule has 0 heterocycles. The Kier molecular flexibility index (Phi) is 7.55. The SMILES string of the molecule is COc1cc(C(=O)NC(CC(C)C)C(=O)O)ccc1OCC(C)C. The fraction of sp³-hybridized carbons (Fsp3) is 0.556. The van der Waals surface area contributed by atoms with E-state index in [1.54, 1.807) is 18.2 Å². The molecule has 0 aliphatic carbocycles. The highest BCUT2D eigenvalue weighted by Gasteiger charge is 2.22. The Morgan fingerprint density at radius 2 is 1.79 bits per heavy atom. The summed E-state index contributed by atoms with van der Waals surface area (Å²) in [6.45, 7) is 8.43. The van der Waals surface area contributed by atoms with Gasteiger partial charge in [-0.2, -0.15) is 0 Å². The molecule has 0 fully saturated rings. The lowest BCUT2D eigenvalue weighted by molar-refractivity contribution is -0.139. The van der Waals surface area contributed by atoms with Gasteiger partial charge in [-0.05, 0) is 36.5 Å². The van der Waals surface area contributed by atoms with Crippen LogP contribution in [0.4, 0.5) is 0 Å². The number of ether oxygens (including phenoxy) is 2. The van der Waals surface area contributed by atoms with Crippen molar-refractivity contribution in [3.63, 3.8) is 0 Å². The van der Waals surface area contributed by atoms with E-state index in [4.69, 9.17) is 9.47 Å². The molecule has 1 atom stereocenters. The summed E-state index contributed by atoms with van der Waals surface area (Å²) in [5, 5.41) is 11.8. The van der Waals surface area contributed by atoms with E-state index in [0.717, 1.165) is 0 Å². The van der Waals surface area contributed by atoms with Crippen LogP contribution < -0.4 is 14.8 Å². The van der Waals surface area contributed by atoms with Crippen molar-refractivity contribution in [2.45, 2.75) is 40.2 Å². The van der Waals surface area contributed by atoms with E-state index in [0.29, 0.717) is 36.0 Å². The Hall–Kier alpha value is -2.24. The van der Waals surface area contributed by atoms with Crippen LogP contribution in [-0.2, 0) is 4.79 Å². The Morgan fingerprint density at radius 1 is 1.12 bits per heavy atom. The van der Waals surface area contributed by atoms with E-state index in [2.05, 4.69) is 5.32 Å². The molecule has 0 saturated carbocycles. The molecule has 0 bridgehead atoms. The monoisotopic (exact) mass is 337 g/mol. The van der Waals surface area contributed by atoms with Crippen LogP contribution in [0, 0.1) is 11.8 Å². The lowest BCUT2D eigenvalue weighted by atomic mass is 10.0. The topological polar surface area (TPSA) is 84.9 Å². The zero-order valence-electron chi connectivity index (χ0n) is 15.0. The van der Waals surface area contributed by atoms with Gasteiger partial charge in [-0.1, -0.05) is 27.7 Å². The summed E-state index contributed by atoms with van der Waals surface area (Å²) < 4.78 is 10.9. The predicted octanol–water partition coefficient (Wildman–Crippen LogP) is 2.96. The molecule has 0 saturated heterocycles. The molecule has 24 heavy (non-hydrogen) atoms. The van der Waals surface area contributed by atoms with Crippen LogP contribution in [0.5, 0.6) is 11.5 Å². The highest BCUT2D eigenvalue weighted by atomic mass is 16.5. The fourth-order valence-electron chi connectivity index (χ4n) is 2.12. The Balaban J connectivity index is 2.88. The number of hydrogen-bond donors (Lipinski definition) is 2. The van der Waals surface area contributed by atoms with Crippen LogP contribution in [0.1, 0.15) is 44.5 Å². The fourth-order valence-corrected chi connectivity index (χ4v) is 2.12. The number of aliphatic carboxylic acids is 1. The van der Waals surface area contributed by atoms with Gasteiger partial charge in [0.15, 0.2) is 11.5 Å². The molecular formula is C18H27NO5. The first-order valence-electron chi connectivity index (χ1n) is 8.09. The quantitative estimate of drug-likeness (QED) is 0.723. The lowest BCUT2D eigenvalue weighted by Crippen LogP contribution is -2.41. The van der Waals surface area contributed by atoms with Crippen molar-refractivity contribution in [1.29, 1.82) is 0 Å². The van der Waals surface area contributed by atoms with Crippen molar-refractivity contribution in [3.05, 3.63) is 23.8 Å². The summed E-state index contributed by atoms with van der Waals surface area (Å²) in [4.78, 5) is 23.6. The molecule has 134 valence electrons. The highest BCUT2D eigenvalue weighted by Crippen LogP contribution is 2.28. The second-order valence-electron chi connectivity index (χ2n) is 6.56. The van der Waals surface area contributed by atoms with Gasteiger partial charge in [-0.15, -0.1) is 0 Å². The molecule has 1 aromatic carbocycles. The normalized spacial score (nSPS) is 12.1. The maximum Gasteiger partial charge on any atom is 0.326 e. The minimum Gasteiger partial charge on any atom is -0.493 e. The van der Waals surface area contributed by atoms with Gasteiger partial charge in [0.25, 0.3) is 5.91 Å². The van der Waals surface area contributed by atoms with Crippen molar-refractivity contribution < 1.29 is 24.2 Å². The average molecular weight is 337 g/mol. The number of benzene rings is 1. The van der Waals surface area contributed by atoms with Crippen LogP contribution in [-0.4, -0.2) is 36.7 Å². The third kappa shape index (κ3) is 6.10. The van der Waals surface area contributed by atoms with E-state index in [1.807, 2.05) is 27.7 Å². The number of nitrogens with one attached hydrogen (secondary N) is 1. The molecule has 0 radical (unpaired) electrons. The molecule has 1 rings (SSSR count). The van der Waals surface area contributed by atoms with Gasteiger partial charge in [0, 0.05) is 5.56 Å². The minimum absolute atomic E-state index is 0.160. The molecule has 1 aromatic rings. The first-order valence-corrected chi connectivity index (χ1v) is 8.09. The maximum absolute atomic E-state index is 12.3. The number of carboxylic acid groups (broad SMARTS) is 1. The number of amides is 1.